The number of aromatic hydroxyl groups is 1. The standard InChI is InChI=1S/C5H3NO4/c7-3-1-2-4(10-3)6-5(8)9-2/h1,7H,(H,6,8). The van der Waals surface area contributed by atoms with Crippen molar-refractivity contribution in [3.8, 4) is 5.95 Å². The summed E-state index contributed by atoms with van der Waals surface area (Å²) in [6, 6.07) is 1.22. The molecule has 0 saturated heterocycles. The summed E-state index contributed by atoms with van der Waals surface area (Å²) in [6.07, 6.45) is 0. The van der Waals surface area contributed by atoms with Crippen molar-refractivity contribution >= 4 is 11.3 Å². The van der Waals surface area contributed by atoms with Crippen LogP contribution in [0.2, 0.25) is 0 Å². The molecule has 0 unspecified atom stereocenters. The fourth-order valence-corrected chi connectivity index (χ4v) is 0.743. The highest BCUT2D eigenvalue weighted by atomic mass is 16.5. The van der Waals surface area contributed by atoms with Gasteiger partial charge in [-0.3, -0.25) is 4.98 Å². The molecule has 5 heteroatoms. The lowest BCUT2D eigenvalue weighted by atomic mass is 10.6. The van der Waals surface area contributed by atoms with Gasteiger partial charge in [-0.25, -0.2) is 4.79 Å². The van der Waals surface area contributed by atoms with Crippen LogP contribution in [0.5, 0.6) is 5.95 Å². The first-order valence-corrected chi connectivity index (χ1v) is 2.57. The van der Waals surface area contributed by atoms with Gasteiger partial charge in [0.15, 0.2) is 0 Å². The van der Waals surface area contributed by atoms with Crippen LogP contribution < -0.4 is 5.76 Å². The fraction of sp³-hybridized carbons (Fsp3) is 0. The smallest absolute Gasteiger partial charge is 0.419 e. The van der Waals surface area contributed by atoms with E-state index in [2.05, 4.69) is 13.8 Å². The first-order valence-electron chi connectivity index (χ1n) is 2.57. The third kappa shape index (κ3) is 0.540. The number of H-pyrrole nitrogens is 1. The molecule has 0 saturated carbocycles. The van der Waals surface area contributed by atoms with Crippen LogP contribution in [0.25, 0.3) is 11.3 Å². The molecule has 0 amide bonds. The quantitative estimate of drug-likeness (QED) is 0.557. The zero-order chi connectivity index (χ0) is 7.14. The van der Waals surface area contributed by atoms with Gasteiger partial charge in [-0.2, -0.15) is 0 Å². The van der Waals surface area contributed by atoms with Crippen LogP contribution in [-0.4, -0.2) is 10.1 Å². The van der Waals surface area contributed by atoms with Crippen LogP contribution >= 0.6 is 0 Å². The maximum Gasteiger partial charge on any atom is 0.419 e. The van der Waals surface area contributed by atoms with Crippen LogP contribution in [0.3, 0.4) is 0 Å². The van der Waals surface area contributed by atoms with Crippen LogP contribution in [0.15, 0.2) is 19.7 Å². The average Bonchev–Trinajstić information content (AvgIpc) is 2.21. The number of fused-ring (bicyclic) bond motifs is 1. The number of hydrogen-bond acceptors (Lipinski definition) is 4. The zero-order valence-electron chi connectivity index (χ0n) is 4.75. The second-order valence-corrected chi connectivity index (χ2v) is 1.79. The predicted octanol–water partition coefficient (Wildman–Crippen LogP) is 0.420. The molecule has 10 heavy (non-hydrogen) atoms. The first kappa shape index (κ1) is 5.16. The normalized spacial score (nSPS) is 10.8. The number of furan rings is 1. The average molecular weight is 141 g/mol. The highest BCUT2D eigenvalue weighted by Crippen LogP contribution is 2.19. The van der Waals surface area contributed by atoms with E-state index in [1.807, 2.05) is 0 Å². The minimum Gasteiger partial charge on any atom is -0.481 e. The Kier molecular flexibility index (Phi) is 0.743. The highest BCUT2D eigenvalue weighted by Gasteiger charge is 2.06. The lowest BCUT2D eigenvalue weighted by molar-refractivity contribution is 0.343. The van der Waals surface area contributed by atoms with E-state index >= 15 is 0 Å². The molecule has 0 radical (unpaired) electrons. The van der Waals surface area contributed by atoms with Crippen molar-refractivity contribution in [1.29, 1.82) is 0 Å². The van der Waals surface area contributed by atoms with Crippen LogP contribution in [0.1, 0.15) is 0 Å². The van der Waals surface area contributed by atoms with Gasteiger partial charge in [0.25, 0.3) is 5.95 Å². The molecule has 0 aliphatic carbocycles. The molecule has 0 fully saturated rings. The number of nitrogens with one attached hydrogen (secondary N) is 1. The van der Waals surface area contributed by atoms with Gasteiger partial charge < -0.3 is 13.9 Å². The van der Waals surface area contributed by atoms with Gasteiger partial charge in [0.1, 0.15) is 0 Å². The summed E-state index contributed by atoms with van der Waals surface area (Å²) in [5, 5.41) is 8.69. The summed E-state index contributed by atoms with van der Waals surface area (Å²) in [7, 11) is 0. The second kappa shape index (κ2) is 1.44. The molecule has 2 N–H and O–H groups in total. The van der Waals surface area contributed by atoms with Crippen molar-refractivity contribution in [2.24, 2.45) is 0 Å². The van der Waals surface area contributed by atoms with Gasteiger partial charge in [-0.15, -0.1) is 0 Å². The number of aromatic amines is 1. The van der Waals surface area contributed by atoms with E-state index in [1.54, 1.807) is 0 Å². The molecule has 2 aromatic heterocycles. The lowest BCUT2D eigenvalue weighted by Gasteiger charge is -1.72. The molecule has 2 aromatic rings. The topological polar surface area (TPSA) is 79.4 Å². The Bertz CT molecular complexity index is 372. The number of aromatic nitrogens is 1. The van der Waals surface area contributed by atoms with E-state index in [0.717, 1.165) is 0 Å². The Morgan fingerprint density at radius 2 is 2.30 bits per heavy atom. The molecule has 0 bridgehead atoms. The van der Waals surface area contributed by atoms with Gasteiger partial charge in [0.05, 0.1) is 6.07 Å². The van der Waals surface area contributed by atoms with Crippen LogP contribution in [-0.2, 0) is 0 Å². The molecule has 2 heterocycles. The Hall–Kier alpha value is -1.65. The van der Waals surface area contributed by atoms with Crippen molar-refractivity contribution in [3.63, 3.8) is 0 Å². The lowest BCUT2D eigenvalue weighted by Crippen LogP contribution is -1.92. The van der Waals surface area contributed by atoms with E-state index in [4.69, 9.17) is 5.11 Å². The monoisotopic (exact) mass is 141 g/mol. The predicted molar refractivity (Wildman–Crippen MR) is 30.8 cm³/mol. The van der Waals surface area contributed by atoms with Gasteiger partial charge >= 0.3 is 5.76 Å². The summed E-state index contributed by atoms with van der Waals surface area (Å²) < 4.78 is 9.12. The van der Waals surface area contributed by atoms with Crippen molar-refractivity contribution in [3.05, 3.63) is 16.6 Å². The molecule has 52 valence electrons. The summed E-state index contributed by atoms with van der Waals surface area (Å²) in [6.45, 7) is 0. The number of rotatable bonds is 0. The Labute approximate surface area is 53.9 Å². The fourth-order valence-electron chi connectivity index (χ4n) is 0.743. The number of hydrogen-bond donors (Lipinski definition) is 2. The van der Waals surface area contributed by atoms with Gasteiger partial charge in [0.2, 0.25) is 11.3 Å². The highest BCUT2D eigenvalue weighted by molar-refractivity contribution is 5.66. The summed E-state index contributed by atoms with van der Waals surface area (Å²) >= 11 is 0. The molecule has 0 atom stereocenters. The van der Waals surface area contributed by atoms with E-state index in [9.17, 15) is 4.79 Å². The second-order valence-electron chi connectivity index (χ2n) is 1.79. The van der Waals surface area contributed by atoms with E-state index in [-0.39, 0.29) is 17.2 Å². The first-order chi connectivity index (χ1) is 4.75. The number of oxazole rings is 1. The molecular weight excluding hydrogens is 138 g/mol. The molecule has 0 spiro atoms. The Morgan fingerprint density at radius 1 is 1.50 bits per heavy atom. The van der Waals surface area contributed by atoms with Gasteiger partial charge in [0, 0.05) is 0 Å². The minimum atomic E-state index is -0.589. The maximum absolute atomic E-state index is 10.4. The van der Waals surface area contributed by atoms with Crippen molar-refractivity contribution in [2.75, 3.05) is 0 Å². The van der Waals surface area contributed by atoms with Gasteiger partial charge in [-0.05, 0) is 0 Å². The third-order valence-corrected chi connectivity index (χ3v) is 1.10. The van der Waals surface area contributed by atoms with E-state index < -0.39 is 5.76 Å². The van der Waals surface area contributed by atoms with Crippen molar-refractivity contribution in [1.82, 2.24) is 4.98 Å². The molecular formula is C5H3NO4. The summed E-state index contributed by atoms with van der Waals surface area (Å²) in [5.41, 5.74) is 0.380. The minimum absolute atomic E-state index is 0.155. The largest absolute Gasteiger partial charge is 0.481 e. The molecule has 0 aliphatic rings. The van der Waals surface area contributed by atoms with Crippen LogP contribution in [0, 0.1) is 0 Å². The summed E-state index contributed by atoms with van der Waals surface area (Å²) in [4.78, 5) is 12.6. The van der Waals surface area contributed by atoms with Gasteiger partial charge in [-0.1, -0.05) is 0 Å². The Balaban J connectivity index is 2.95. The Morgan fingerprint density at radius 3 is 3.00 bits per heavy atom. The van der Waals surface area contributed by atoms with Crippen LogP contribution in [0.4, 0.5) is 0 Å². The molecule has 2 rings (SSSR count). The summed E-state index contributed by atoms with van der Waals surface area (Å²) in [5.74, 6) is -0.862. The molecule has 5 nitrogen and oxygen atoms in total. The maximum atomic E-state index is 10.4. The SMILES string of the molecule is O=c1[nH]c2oc(O)cc2o1. The van der Waals surface area contributed by atoms with Crippen molar-refractivity contribution in [2.45, 2.75) is 0 Å². The van der Waals surface area contributed by atoms with Crippen molar-refractivity contribution < 1.29 is 13.9 Å². The van der Waals surface area contributed by atoms with E-state index in [0.29, 0.717) is 0 Å². The molecule has 0 aromatic carbocycles. The molecule has 0 aliphatic heterocycles. The third-order valence-electron chi connectivity index (χ3n) is 1.10. The van der Waals surface area contributed by atoms with E-state index in [1.165, 1.54) is 6.07 Å². The zero-order valence-corrected chi connectivity index (χ0v) is 4.75.